The Morgan fingerprint density at radius 3 is 2.88 bits per heavy atom. The molecule has 1 aliphatic heterocycles. The maximum atomic E-state index is 13.5. The van der Waals surface area contributed by atoms with Crippen LogP contribution in [0.5, 0.6) is 0 Å². The molecule has 0 amide bonds. The Bertz CT molecular complexity index is 437. The highest BCUT2D eigenvalue weighted by Crippen LogP contribution is 2.33. The van der Waals surface area contributed by atoms with Crippen LogP contribution in [-0.4, -0.2) is 23.8 Å². The summed E-state index contributed by atoms with van der Waals surface area (Å²) < 4.78 is 13.9. The van der Waals surface area contributed by atoms with Crippen LogP contribution in [0.15, 0.2) is 16.6 Å². The lowest BCUT2D eigenvalue weighted by molar-refractivity contribution is 0.0449. The van der Waals surface area contributed by atoms with Crippen molar-refractivity contribution in [2.75, 3.05) is 23.7 Å². The highest BCUT2D eigenvalue weighted by Gasteiger charge is 2.29. The molecule has 17 heavy (non-hydrogen) atoms. The van der Waals surface area contributed by atoms with E-state index in [1.165, 1.54) is 6.07 Å². The molecule has 1 unspecified atom stereocenters. The highest BCUT2D eigenvalue weighted by molar-refractivity contribution is 9.10. The Morgan fingerprint density at radius 1 is 1.53 bits per heavy atom. The van der Waals surface area contributed by atoms with E-state index in [2.05, 4.69) is 15.9 Å². The number of aliphatic hydroxyl groups is 1. The van der Waals surface area contributed by atoms with E-state index in [1.54, 1.807) is 13.0 Å². The van der Waals surface area contributed by atoms with E-state index in [0.717, 1.165) is 19.4 Å². The van der Waals surface area contributed by atoms with Gasteiger partial charge in [0.2, 0.25) is 0 Å². The Kier molecular flexibility index (Phi) is 3.32. The van der Waals surface area contributed by atoms with Crippen LogP contribution in [0.4, 0.5) is 15.8 Å². The molecule has 1 aromatic carbocycles. The van der Waals surface area contributed by atoms with Gasteiger partial charge in [-0.3, -0.25) is 0 Å². The van der Waals surface area contributed by atoms with E-state index in [1.807, 2.05) is 4.90 Å². The van der Waals surface area contributed by atoms with Crippen molar-refractivity contribution < 1.29 is 9.50 Å². The number of anilines is 2. The minimum atomic E-state index is -0.728. The number of nitrogen functional groups attached to an aromatic ring is 1. The first kappa shape index (κ1) is 12.6. The monoisotopic (exact) mass is 302 g/mol. The molecule has 1 heterocycles. The summed E-state index contributed by atoms with van der Waals surface area (Å²) in [4.78, 5) is 1.94. The molecule has 0 bridgehead atoms. The van der Waals surface area contributed by atoms with Gasteiger partial charge in [-0.2, -0.15) is 0 Å². The lowest BCUT2D eigenvalue weighted by Gasteiger charge is -2.38. The summed E-state index contributed by atoms with van der Waals surface area (Å²) in [6.45, 7) is 3.07. The summed E-state index contributed by atoms with van der Waals surface area (Å²) in [5, 5.41) is 10.0. The fourth-order valence-electron chi connectivity index (χ4n) is 2.25. The van der Waals surface area contributed by atoms with Crippen molar-refractivity contribution in [3.05, 3.63) is 22.4 Å². The number of hydrogen-bond donors (Lipinski definition) is 2. The fraction of sp³-hybridized carbons (Fsp3) is 0.500. The van der Waals surface area contributed by atoms with Gasteiger partial charge in [-0.15, -0.1) is 0 Å². The summed E-state index contributed by atoms with van der Waals surface area (Å²) in [6.07, 6.45) is 1.65. The predicted octanol–water partition coefficient (Wildman–Crippen LogP) is 2.52. The van der Waals surface area contributed by atoms with E-state index < -0.39 is 5.60 Å². The lowest BCUT2D eigenvalue weighted by Crippen LogP contribution is -2.46. The number of piperidine rings is 1. The van der Waals surface area contributed by atoms with Gasteiger partial charge in [0.1, 0.15) is 5.82 Å². The average Bonchev–Trinajstić information content (AvgIpc) is 2.22. The van der Waals surface area contributed by atoms with Gasteiger partial charge < -0.3 is 15.7 Å². The second-order valence-corrected chi connectivity index (χ2v) is 5.70. The summed E-state index contributed by atoms with van der Waals surface area (Å²) in [5.41, 5.74) is 6.34. The topological polar surface area (TPSA) is 49.5 Å². The van der Waals surface area contributed by atoms with Crippen molar-refractivity contribution in [1.82, 2.24) is 0 Å². The Labute approximate surface area is 109 Å². The smallest absolute Gasteiger partial charge is 0.139 e. The highest BCUT2D eigenvalue weighted by atomic mass is 79.9. The number of halogens is 2. The van der Waals surface area contributed by atoms with Gasteiger partial charge in [0.15, 0.2) is 0 Å². The molecular formula is C12H16BrFN2O. The molecule has 1 aromatic rings. The maximum Gasteiger partial charge on any atom is 0.139 e. The van der Waals surface area contributed by atoms with E-state index in [4.69, 9.17) is 5.73 Å². The standard InChI is InChI=1S/C12H16BrFN2O/c1-12(17)3-2-4-16(7-12)11-6-9(14)8(13)5-10(11)15/h5-6,17H,2-4,7,15H2,1H3. The Morgan fingerprint density at radius 2 is 2.24 bits per heavy atom. The van der Waals surface area contributed by atoms with Crippen LogP contribution in [0.3, 0.4) is 0 Å². The van der Waals surface area contributed by atoms with Crippen molar-refractivity contribution in [3.8, 4) is 0 Å². The molecule has 5 heteroatoms. The van der Waals surface area contributed by atoms with Crippen LogP contribution in [0.1, 0.15) is 19.8 Å². The predicted molar refractivity (Wildman–Crippen MR) is 70.6 cm³/mol. The molecule has 0 saturated carbocycles. The molecule has 2 rings (SSSR count). The average molecular weight is 303 g/mol. The zero-order chi connectivity index (χ0) is 12.6. The van der Waals surface area contributed by atoms with Gasteiger partial charge in [-0.05, 0) is 41.8 Å². The van der Waals surface area contributed by atoms with Crippen molar-refractivity contribution >= 4 is 27.3 Å². The second kappa shape index (κ2) is 4.46. The second-order valence-electron chi connectivity index (χ2n) is 4.85. The normalized spacial score (nSPS) is 25.1. The summed E-state index contributed by atoms with van der Waals surface area (Å²) in [5.74, 6) is -0.334. The third-order valence-electron chi connectivity index (χ3n) is 3.09. The van der Waals surface area contributed by atoms with Gasteiger partial charge in [0.25, 0.3) is 0 Å². The van der Waals surface area contributed by atoms with Gasteiger partial charge >= 0.3 is 0 Å². The van der Waals surface area contributed by atoms with Crippen LogP contribution < -0.4 is 10.6 Å². The van der Waals surface area contributed by atoms with E-state index >= 15 is 0 Å². The third-order valence-corrected chi connectivity index (χ3v) is 3.69. The van der Waals surface area contributed by atoms with E-state index in [-0.39, 0.29) is 5.82 Å². The number of nitrogens with two attached hydrogens (primary N) is 1. The molecule has 3 nitrogen and oxygen atoms in total. The van der Waals surface area contributed by atoms with Crippen LogP contribution in [0.2, 0.25) is 0 Å². The van der Waals surface area contributed by atoms with Gasteiger partial charge in [0, 0.05) is 19.2 Å². The fourth-order valence-corrected chi connectivity index (χ4v) is 2.61. The molecule has 1 atom stereocenters. The first-order valence-corrected chi connectivity index (χ1v) is 6.40. The molecule has 0 radical (unpaired) electrons. The van der Waals surface area contributed by atoms with Crippen LogP contribution in [-0.2, 0) is 0 Å². The zero-order valence-corrected chi connectivity index (χ0v) is 11.3. The summed E-state index contributed by atoms with van der Waals surface area (Å²) in [6, 6.07) is 2.98. The quantitative estimate of drug-likeness (QED) is 0.784. The van der Waals surface area contributed by atoms with Crippen molar-refractivity contribution in [3.63, 3.8) is 0 Å². The molecule has 0 aromatic heterocycles. The first-order valence-electron chi connectivity index (χ1n) is 5.61. The van der Waals surface area contributed by atoms with Gasteiger partial charge in [-0.25, -0.2) is 4.39 Å². The molecule has 1 saturated heterocycles. The largest absolute Gasteiger partial charge is 0.397 e. The van der Waals surface area contributed by atoms with Crippen LogP contribution >= 0.6 is 15.9 Å². The minimum Gasteiger partial charge on any atom is -0.397 e. The SMILES string of the molecule is CC1(O)CCCN(c2cc(F)c(Br)cc2N)C1. The number of rotatable bonds is 1. The number of benzene rings is 1. The van der Waals surface area contributed by atoms with Crippen LogP contribution in [0.25, 0.3) is 0 Å². The first-order chi connectivity index (χ1) is 7.89. The van der Waals surface area contributed by atoms with Gasteiger partial charge in [-0.1, -0.05) is 0 Å². The third kappa shape index (κ3) is 2.72. The molecule has 94 valence electrons. The molecule has 1 aliphatic rings. The summed E-state index contributed by atoms with van der Waals surface area (Å²) >= 11 is 3.10. The van der Waals surface area contributed by atoms with Crippen LogP contribution in [0, 0.1) is 5.82 Å². The number of β-amino-alcohol motifs (C(OH)–C–C–N with tert-alkyl or cyclic N) is 1. The molecule has 1 fully saturated rings. The van der Waals surface area contributed by atoms with Crippen molar-refractivity contribution in [1.29, 1.82) is 0 Å². The van der Waals surface area contributed by atoms with E-state index in [9.17, 15) is 9.50 Å². The zero-order valence-electron chi connectivity index (χ0n) is 9.71. The number of nitrogens with zero attached hydrogens (tertiary/aromatic N) is 1. The molecule has 0 aliphatic carbocycles. The van der Waals surface area contributed by atoms with Gasteiger partial charge in [0.05, 0.1) is 21.4 Å². The lowest BCUT2D eigenvalue weighted by atomic mass is 9.94. The van der Waals surface area contributed by atoms with Crippen molar-refractivity contribution in [2.24, 2.45) is 0 Å². The Balaban J connectivity index is 2.31. The molecule has 3 N–H and O–H groups in total. The maximum absolute atomic E-state index is 13.5. The molecular weight excluding hydrogens is 287 g/mol. The van der Waals surface area contributed by atoms with Crippen molar-refractivity contribution in [2.45, 2.75) is 25.4 Å². The minimum absolute atomic E-state index is 0.334. The molecule has 0 spiro atoms. The Hall–Kier alpha value is -0.810. The number of hydrogen-bond acceptors (Lipinski definition) is 3. The summed E-state index contributed by atoms with van der Waals surface area (Å²) in [7, 11) is 0. The van der Waals surface area contributed by atoms with E-state index in [0.29, 0.717) is 22.4 Å².